The largest absolute Gasteiger partial charge is 0.310 e. The Morgan fingerprint density at radius 1 is 0.188 bits per heavy atom. The first-order valence-corrected chi connectivity index (χ1v) is 33.6. The van der Waals surface area contributed by atoms with Crippen LogP contribution in [0.5, 0.6) is 0 Å². The summed E-state index contributed by atoms with van der Waals surface area (Å²) in [6, 6.07) is 115. The second kappa shape index (κ2) is 23.3. The van der Waals surface area contributed by atoms with Gasteiger partial charge in [0.05, 0.1) is 50.2 Å². The van der Waals surface area contributed by atoms with Crippen molar-refractivity contribution < 1.29 is 0 Å². The quantitative estimate of drug-likeness (QED) is 0.122. The topological polar surface area (TPSA) is 24.5 Å². The smallest absolute Gasteiger partial charge is 0.0542 e. The average Bonchev–Trinajstić information content (AvgIpc) is 1.59. The molecule has 96 heavy (non-hydrogen) atoms. The molecule has 0 spiro atoms. The molecule has 6 heteroatoms. The molecule has 0 saturated carbocycles. The van der Waals surface area contributed by atoms with Crippen LogP contribution in [0.25, 0.3) is 82.5 Å². The summed E-state index contributed by atoms with van der Waals surface area (Å²) in [6.07, 6.45) is 0. The summed E-state index contributed by atoms with van der Waals surface area (Å²) in [4.78, 5) is 7.40. The Hall–Kier alpha value is -11.3. The van der Waals surface area contributed by atoms with E-state index in [0.717, 1.165) is 84.8 Å². The van der Waals surface area contributed by atoms with Gasteiger partial charge in [0.15, 0.2) is 0 Å². The van der Waals surface area contributed by atoms with Gasteiger partial charge in [-0.05, 0) is 215 Å². The highest BCUT2D eigenvalue weighted by molar-refractivity contribution is 6.14. The van der Waals surface area contributed by atoms with Crippen molar-refractivity contribution >= 4 is 117 Å². The standard InChI is InChI=1S/C90H78N6/c1-88(2,3)61-40-46-82-76(52-61)79-58-70(43-49-85(79)94(82)67-34-22-13-23-35-67)91(64-28-16-10-17-29-64)73-55-74(92(65-30-18-11-19-31-65)71-44-50-86-80(59-71)77-53-62(89(4,5)6)41-47-83(77)95(86)68-36-24-14-25-37-68)57-75(56-73)93(66-32-20-12-21-33-66)72-45-51-87-81(60-72)78-54-63(90(7,8)9)42-48-84(78)96(87)69-38-26-15-27-39-69/h10-60H,1-9H3. The SMILES string of the molecule is CC(C)(C)c1ccc2c(c1)c1cc(N(c3ccccc3)c3cc(N(c4ccccc4)c4ccc5c(c4)c4cc(C(C)(C)C)ccc4n5-c4ccccc4)cc(N(c4ccccc4)c4ccc5c(c4)c4cc(C(C)(C)C)ccc4n5-c4ccccc4)c3)ccc1n2-c1ccccc1. The van der Waals surface area contributed by atoms with Crippen molar-refractivity contribution in [1.29, 1.82) is 0 Å². The minimum absolute atomic E-state index is 0.0626. The molecule has 0 atom stereocenters. The zero-order valence-corrected chi connectivity index (χ0v) is 56.1. The summed E-state index contributed by atoms with van der Waals surface area (Å²) in [6.45, 7) is 20.8. The molecule has 3 heterocycles. The molecular weight excluding hydrogens is 1170 g/mol. The number of hydrogen-bond donors (Lipinski definition) is 0. The van der Waals surface area contributed by atoms with Crippen molar-refractivity contribution in [3.8, 4) is 17.1 Å². The Kier molecular flexibility index (Phi) is 14.5. The third kappa shape index (κ3) is 10.5. The van der Waals surface area contributed by atoms with Gasteiger partial charge in [-0.2, -0.15) is 0 Å². The van der Waals surface area contributed by atoms with Crippen molar-refractivity contribution in [3.63, 3.8) is 0 Å². The Morgan fingerprint density at radius 3 is 0.625 bits per heavy atom. The van der Waals surface area contributed by atoms with Crippen LogP contribution in [0.1, 0.15) is 79.0 Å². The number of hydrogen-bond acceptors (Lipinski definition) is 3. The maximum Gasteiger partial charge on any atom is 0.0542 e. The summed E-state index contributed by atoms with van der Waals surface area (Å²) in [7, 11) is 0. The number of rotatable bonds is 12. The van der Waals surface area contributed by atoms with Gasteiger partial charge in [-0.25, -0.2) is 0 Å². The fraction of sp³-hybridized carbons (Fsp3) is 0.133. The van der Waals surface area contributed by atoms with Crippen LogP contribution in [0.3, 0.4) is 0 Å². The van der Waals surface area contributed by atoms with Gasteiger partial charge in [0, 0.05) is 83.5 Å². The van der Waals surface area contributed by atoms with Gasteiger partial charge in [0.25, 0.3) is 0 Å². The number of benzene rings is 13. The number of anilines is 9. The average molecular weight is 1240 g/mol. The number of fused-ring (bicyclic) bond motifs is 9. The molecule has 0 bridgehead atoms. The van der Waals surface area contributed by atoms with E-state index >= 15 is 0 Å². The first kappa shape index (κ1) is 59.7. The Bertz CT molecular complexity index is 5000. The lowest BCUT2D eigenvalue weighted by Gasteiger charge is -2.33. The molecule has 0 N–H and O–H groups in total. The van der Waals surface area contributed by atoms with Crippen molar-refractivity contribution in [1.82, 2.24) is 13.7 Å². The summed E-state index contributed by atoms with van der Waals surface area (Å²) in [5.74, 6) is 0. The molecule has 0 unspecified atom stereocenters. The lowest BCUT2D eigenvalue weighted by atomic mass is 9.86. The van der Waals surface area contributed by atoms with Crippen molar-refractivity contribution in [2.75, 3.05) is 14.7 Å². The van der Waals surface area contributed by atoms with E-state index in [9.17, 15) is 0 Å². The molecule has 0 aliphatic rings. The maximum absolute atomic E-state index is 2.47. The zero-order valence-electron chi connectivity index (χ0n) is 56.1. The monoisotopic (exact) mass is 1240 g/mol. The highest BCUT2D eigenvalue weighted by Gasteiger charge is 2.28. The minimum Gasteiger partial charge on any atom is -0.310 e. The van der Waals surface area contributed by atoms with Gasteiger partial charge in [0.2, 0.25) is 0 Å². The van der Waals surface area contributed by atoms with E-state index in [2.05, 4.69) is 400 Å². The Labute approximate surface area is 563 Å². The van der Waals surface area contributed by atoms with E-state index in [1.54, 1.807) is 0 Å². The predicted molar refractivity (Wildman–Crippen MR) is 410 cm³/mol. The molecule has 16 aromatic rings. The highest BCUT2D eigenvalue weighted by Crippen LogP contribution is 2.50. The molecule has 16 rings (SSSR count). The Balaban J connectivity index is 0.991. The number of aromatic nitrogens is 3. The van der Waals surface area contributed by atoms with E-state index in [4.69, 9.17) is 0 Å². The normalized spacial score (nSPS) is 12.2. The van der Waals surface area contributed by atoms with Crippen LogP contribution in [-0.4, -0.2) is 13.7 Å². The fourth-order valence-electron chi connectivity index (χ4n) is 14.5. The van der Waals surface area contributed by atoms with Gasteiger partial charge < -0.3 is 28.4 Å². The summed E-state index contributed by atoms with van der Waals surface area (Å²) < 4.78 is 7.29. The molecular formula is C90H78N6. The summed E-state index contributed by atoms with van der Waals surface area (Å²) in [5.41, 5.74) is 23.2. The maximum atomic E-state index is 2.47. The molecule has 3 aromatic heterocycles. The lowest BCUT2D eigenvalue weighted by Crippen LogP contribution is -2.16. The van der Waals surface area contributed by atoms with Crippen molar-refractivity contribution in [2.24, 2.45) is 0 Å². The second-order valence-electron chi connectivity index (χ2n) is 28.8. The summed E-state index contributed by atoms with van der Waals surface area (Å²) >= 11 is 0. The van der Waals surface area contributed by atoms with E-state index in [-0.39, 0.29) is 16.2 Å². The zero-order chi connectivity index (χ0) is 65.6. The molecule has 0 saturated heterocycles. The minimum atomic E-state index is -0.0626. The molecule has 6 nitrogen and oxygen atoms in total. The van der Waals surface area contributed by atoms with Crippen LogP contribution in [0.15, 0.2) is 309 Å². The van der Waals surface area contributed by atoms with Gasteiger partial charge >= 0.3 is 0 Å². The molecule has 0 amide bonds. The van der Waals surface area contributed by atoms with E-state index in [1.807, 2.05) is 0 Å². The first-order valence-electron chi connectivity index (χ1n) is 33.6. The van der Waals surface area contributed by atoms with E-state index < -0.39 is 0 Å². The van der Waals surface area contributed by atoms with E-state index in [0.29, 0.717) is 0 Å². The molecule has 0 radical (unpaired) electrons. The Morgan fingerprint density at radius 2 is 0.396 bits per heavy atom. The molecule has 13 aromatic carbocycles. The molecule has 0 fully saturated rings. The summed E-state index contributed by atoms with van der Waals surface area (Å²) in [5, 5.41) is 7.19. The number of nitrogens with zero attached hydrogens (tertiary/aromatic N) is 6. The molecule has 0 aliphatic carbocycles. The van der Waals surface area contributed by atoms with Crippen LogP contribution in [0.2, 0.25) is 0 Å². The van der Waals surface area contributed by atoms with Crippen LogP contribution in [-0.2, 0) is 16.2 Å². The predicted octanol–water partition coefficient (Wildman–Crippen LogP) is 25.3. The van der Waals surface area contributed by atoms with Gasteiger partial charge in [0.1, 0.15) is 0 Å². The molecule has 0 aliphatic heterocycles. The van der Waals surface area contributed by atoms with E-state index in [1.165, 1.54) is 65.6 Å². The van der Waals surface area contributed by atoms with Crippen LogP contribution in [0.4, 0.5) is 51.2 Å². The molecule has 468 valence electrons. The lowest BCUT2D eigenvalue weighted by molar-refractivity contribution is 0.591. The van der Waals surface area contributed by atoms with Gasteiger partial charge in [-0.1, -0.05) is 190 Å². The fourth-order valence-corrected chi connectivity index (χ4v) is 14.5. The van der Waals surface area contributed by atoms with Crippen molar-refractivity contribution in [3.05, 3.63) is 326 Å². The van der Waals surface area contributed by atoms with Crippen molar-refractivity contribution in [2.45, 2.75) is 78.6 Å². The highest BCUT2D eigenvalue weighted by atomic mass is 15.2. The van der Waals surface area contributed by atoms with Crippen LogP contribution < -0.4 is 14.7 Å². The van der Waals surface area contributed by atoms with Gasteiger partial charge in [-0.3, -0.25) is 0 Å². The van der Waals surface area contributed by atoms with Gasteiger partial charge in [-0.15, -0.1) is 0 Å². The third-order valence-electron chi connectivity index (χ3n) is 19.4. The van der Waals surface area contributed by atoms with Crippen LogP contribution in [0, 0.1) is 0 Å². The second-order valence-corrected chi connectivity index (χ2v) is 28.8. The first-order chi connectivity index (χ1) is 46.5. The third-order valence-corrected chi connectivity index (χ3v) is 19.4. The number of para-hydroxylation sites is 6. The van der Waals surface area contributed by atoms with Crippen LogP contribution >= 0.6 is 0 Å².